The Morgan fingerprint density at radius 1 is 1.22 bits per heavy atom. The highest BCUT2D eigenvalue weighted by Gasteiger charge is 2.18. The molecule has 2 rings (SSSR count). The van der Waals surface area contributed by atoms with E-state index in [0.29, 0.717) is 22.0 Å². The lowest BCUT2D eigenvalue weighted by Gasteiger charge is -2.20. The van der Waals surface area contributed by atoms with Gasteiger partial charge in [0.1, 0.15) is 0 Å². The highest BCUT2D eigenvalue weighted by Crippen LogP contribution is 2.24. The first-order valence-corrected chi connectivity index (χ1v) is 10.0. The van der Waals surface area contributed by atoms with E-state index in [4.69, 9.17) is 5.73 Å². The molecule has 0 unspecified atom stereocenters. The molecule has 0 aliphatic heterocycles. The third kappa shape index (κ3) is 5.82. The minimum absolute atomic E-state index is 0.0462. The Morgan fingerprint density at radius 2 is 1.93 bits per heavy atom. The molecule has 1 heterocycles. The molecule has 8 heteroatoms. The van der Waals surface area contributed by atoms with Crippen LogP contribution in [0.25, 0.3) is 10.9 Å². The Hall–Kier alpha value is -2.35. The van der Waals surface area contributed by atoms with Gasteiger partial charge < -0.3 is 5.73 Å². The van der Waals surface area contributed by atoms with Gasteiger partial charge in [-0.3, -0.25) is 19.5 Å². The third-order valence-electron chi connectivity index (χ3n) is 4.21. The molecule has 27 heavy (non-hydrogen) atoms. The highest BCUT2D eigenvalue weighted by atomic mass is 32.2. The lowest BCUT2D eigenvalue weighted by atomic mass is 10.0. The standard InChI is InChI=1S/C19H26N4O3S/c1-12(2)7-6-8-13(3)23-17(25)14-9-4-5-10-15(14)21-19(23)27-11-16(24)22-18(20)26/h4-5,9-10,12-13H,6-8,11H2,1-3H3,(H3,20,22,24,26)/t13-/m0/s1. The molecule has 3 amide bonds. The molecule has 7 nitrogen and oxygen atoms in total. The Kier molecular flexibility index (Phi) is 7.41. The van der Waals surface area contributed by atoms with Crippen LogP contribution in [0.5, 0.6) is 0 Å². The topological polar surface area (TPSA) is 107 Å². The summed E-state index contributed by atoms with van der Waals surface area (Å²) in [5.41, 5.74) is 5.44. The van der Waals surface area contributed by atoms with Crippen LogP contribution in [0.3, 0.4) is 0 Å². The van der Waals surface area contributed by atoms with Gasteiger partial charge in [-0.1, -0.05) is 50.6 Å². The first-order chi connectivity index (χ1) is 12.8. The Labute approximate surface area is 162 Å². The fraction of sp³-hybridized carbons (Fsp3) is 0.474. The summed E-state index contributed by atoms with van der Waals surface area (Å²) in [4.78, 5) is 40.2. The number of nitrogens with one attached hydrogen (secondary N) is 1. The molecule has 0 bridgehead atoms. The van der Waals surface area contributed by atoms with E-state index in [0.717, 1.165) is 31.0 Å². The molecule has 146 valence electrons. The van der Waals surface area contributed by atoms with Gasteiger partial charge in [-0.15, -0.1) is 0 Å². The number of carbonyl (C=O) groups is 2. The van der Waals surface area contributed by atoms with E-state index in [1.807, 2.05) is 24.4 Å². The fourth-order valence-electron chi connectivity index (χ4n) is 2.87. The monoisotopic (exact) mass is 390 g/mol. The molecule has 1 atom stereocenters. The van der Waals surface area contributed by atoms with Gasteiger partial charge >= 0.3 is 6.03 Å². The van der Waals surface area contributed by atoms with Gasteiger partial charge in [-0.2, -0.15) is 0 Å². The second-order valence-electron chi connectivity index (χ2n) is 6.96. The van der Waals surface area contributed by atoms with E-state index >= 15 is 0 Å². The molecule has 2 aromatic rings. The molecule has 0 saturated heterocycles. The number of amides is 3. The molecule has 0 saturated carbocycles. The number of nitrogens with two attached hydrogens (primary N) is 1. The SMILES string of the molecule is CC(C)CCC[C@H](C)n1c(SCC(=O)NC(N)=O)nc2ccccc2c1=O. The average Bonchev–Trinajstić information content (AvgIpc) is 2.59. The predicted octanol–water partition coefficient (Wildman–Crippen LogP) is 3.07. The van der Waals surface area contributed by atoms with E-state index in [2.05, 4.69) is 18.8 Å². The summed E-state index contributed by atoms with van der Waals surface area (Å²) in [5, 5.41) is 3.05. The van der Waals surface area contributed by atoms with E-state index in [9.17, 15) is 14.4 Å². The van der Waals surface area contributed by atoms with Crippen LogP contribution in [0.4, 0.5) is 4.79 Å². The van der Waals surface area contributed by atoms with Crippen LogP contribution >= 0.6 is 11.8 Å². The number of urea groups is 1. The number of aromatic nitrogens is 2. The number of benzene rings is 1. The largest absolute Gasteiger partial charge is 0.351 e. The number of hydrogen-bond donors (Lipinski definition) is 2. The predicted molar refractivity (Wildman–Crippen MR) is 108 cm³/mol. The summed E-state index contributed by atoms with van der Waals surface area (Å²) in [7, 11) is 0. The molecular formula is C19H26N4O3S. The van der Waals surface area contributed by atoms with Crippen molar-refractivity contribution in [2.75, 3.05) is 5.75 Å². The van der Waals surface area contributed by atoms with Crippen LogP contribution in [-0.4, -0.2) is 27.2 Å². The summed E-state index contributed by atoms with van der Waals surface area (Å²) < 4.78 is 1.66. The van der Waals surface area contributed by atoms with Gasteiger partial charge in [-0.05, 0) is 31.4 Å². The van der Waals surface area contributed by atoms with Crippen molar-refractivity contribution in [1.29, 1.82) is 0 Å². The van der Waals surface area contributed by atoms with Crippen LogP contribution < -0.4 is 16.6 Å². The Balaban J connectivity index is 2.33. The zero-order valence-corrected chi connectivity index (χ0v) is 16.7. The number of carbonyl (C=O) groups excluding carboxylic acids is 2. The summed E-state index contributed by atoms with van der Waals surface area (Å²) in [6.45, 7) is 6.34. The molecule has 0 spiro atoms. The van der Waals surface area contributed by atoms with Crippen molar-refractivity contribution in [2.45, 2.75) is 51.2 Å². The van der Waals surface area contributed by atoms with E-state index in [1.165, 1.54) is 0 Å². The van der Waals surface area contributed by atoms with Crippen molar-refractivity contribution in [2.24, 2.45) is 11.7 Å². The second kappa shape index (κ2) is 9.55. The fourth-order valence-corrected chi connectivity index (χ4v) is 3.77. The normalized spacial score (nSPS) is 12.3. The maximum absolute atomic E-state index is 13.0. The summed E-state index contributed by atoms with van der Waals surface area (Å²) in [6.07, 6.45) is 2.94. The minimum Gasteiger partial charge on any atom is -0.351 e. The molecular weight excluding hydrogens is 364 g/mol. The van der Waals surface area contributed by atoms with Gasteiger partial charge in [0.2, 0.25) is 5.91 Å². The minimum atomic E-state index is -0.897. The molecule has 0 aliphatic carbocycles. The highest BCUT2D eigenvalue weighted by molar-refractivity contribution is 7.99. The van der Waals surface area contributed by atoms with E-state index in [1.54, 1.807) is 16.7 Å². The summed E-state index contributed by atoms with van der Waals surface area (Å²) >= 11 is 1.13. The molecule has 0 fully saturated rings. The Bertz CT molecular complexity index is 879. The van der Waals surface area contributed by atoms with Gasteiger partial charge in [0.05, 0.1) is 16.7 Å². The van der Waals surface area contributed by atoms with Crippen LogP contribution in [0.1, 0.15) is 46.1 Å². The lowest BCUT2D eigenvalue weighted by Crippen LogP contribution is -2.36. The van der Waals surface area contributed by atoms with Crippen LogP contribution in [0.2, 0.25) is 0 Å². The number of nitrogens with zero attached hydrogens (tertiary/aromatic N) is 2. The molecule has 3 N–H and O–H groups in total. The molecule has 1 aromatic heterocycles. The second-order valence-corrected chi connectivity index (χ2v) is 7.90. The van der Waals surface area contributed by atoms with Gasteiger partial charge in [0, 0.05) is 6.04 Å². The van der Waals surface area contributed by atoms with Gasteiger partial charge in [-0.25, -0.2) is 9.78 Å². The van der Waals surface area contributed by atoms with Crippen molar-refractivity contribution in [1.82, 2.24) is 14.9 Å². The zero-order valence-electron chi connectivity index (χ0n) is 15.9. The van der Waals surface area contributed by atoms with Gasteiger partial charge in [0.15, 0.2) is 5.16 Å². The number of imide groups is 1. The smallest absolute Gasteiger partial charge is 0.318 e. The van der Waals surface area contributed by atoms with Crippen LogP contribution in [0, 0.1) is 5.92 Å². The Morgan fingerprint density at radius 3 is 2.59 bits per heavy atom. The number of fused-ring (bicyclic) bond motifs is 1. The van der Waals surface area contributed by atoms with Crippen molar-refractivity contribution >= 4 is 34.6 Å². The van der Waals surface area contributed by atoms with Gasteiger partial charge in [0.25, 0.3) is 5.56 Å². The maximum Gasteiger partial charge on any atom is 0.318 e. The quantitative estimate of drug-likeness (QED) is 0.532. The average molecular weight is 391 g/mol. The first kappa shape index (κ1) is 21.0. The summed E-state index contributed by atoms with van der Waals surface area (Å²) in [6, 6.07) is 6.22. The van der Waals surface area contributed by atoms with E-state index < -0.39 is 11.9 Å². The lowest BCUT2D eigenvalue weighted by molar-refractivity contribution is -0.117. The number of rotatable bonds is 8. The van der Waals surface area contributed by atoms with Crippen LogP contribution in [-0.2, 0) is 4.79 Å². The number of primary amides is 1. The number of para-hydroxylation sites is 1. The number of thioether (sulfide) groups is 1. The van der Waals surface area contributed by atoms with Crippen molar-refractivity contribution < 1.29 is 9.59 Å². The van der Waals surface area contributed by atoms with E-state index in [-0.39, 0.29) is 17.4 Å². The van der Waals surface area contributed by atoms with Crippen LogP contribution in [0.15, 0.2) is 34.2 Å². The van der Waals surface area contributed by atoms with Crippen molar-refractivity contribution in [3.63, 3.8) is 0 Å². The third-order valence-corrected chi connectivity index (χ3v) is 5.17. The maximum atomic E-state index is 13.0. The molecule has 1 aromatic carbocycles. The molecule has 0 aliphatic rings. The molecule has 0 radical (unpaired) electrons. The zero-order chi connectivity index (χ0) is 20.0. The summed E-state index contributed by atoms with van der Waals surface area (Å²) in [5.74, 6) is 0.0378. The van der Waals surface area contributed by atoms with Crippen molar-refractivity contribution in [3.05, 3.63) is 34.6 Å². The first-order valence-electron chi connectivity index (χ1n) is 9.03. The number of hydrogen-bond acceptors (Lipinski definition) is 5. The van der Waals surface area contributed by atoms with Crippen molar-refractivity contribution in [3.8, 4) is 0 Å².